The molecule has 2 N–H and O–H groups in total. The van der Waals surface area contributed by atoms with Crippen LogP contribution < -0.4 is 5.32 Å². The molecule has 2 aromatic heterocycles. The van der Waals surface area contributed by atoms with E-state index in [0.717, 1.165) is 37.5 Å². The summed E-state index contributed by atoms with van der Waals surface area (Å²) >= 11 is 6.07. The number of methoxy groups -OCH3 is 1. The van der Waals surface area contributed by atoms with Gasteiger partial charge in [-0.1, -0.05) is 11.6 Å². The van der Waals surface area contributed by atoms with Crippen molar-refractivity contribution in [2.24, 2.45) is 0 Å². The van der Waals surface area contributed by atoms with Crippen molar-refractivity contribution >= 4 is 17.5 Å². The molecule has 0 aliphatic carbocycles. The van der Waals surface area contributed by atoms with E-state index in [0.29, 0.717) is 17.3 Å². The molecule has 9 heteroatoms. The SMILES string of the molecule is COCc1nnc2n1CCC(NC(=O)c1n[nH]c(C)c1Cl)CC2. The summed E-state index contributed by atoms with van der Waals surface area (Å²) in [5.41, 5.74) is 0.931. The van der Waals surface area contributed by atoms with Gasteiger partial charge < -0.3 is 14.6 Å². The van der Waals surface area contributed by atoms with Gasteiger partial charge >= 0.3 is 0 Å². The number of aryl methyl sites for hydroxylation is 2. The number of ether oxygens (including phenoxy) is 1. The molecule has 0 saturated heterocycles. The quantitative estimate of drug-likeness (QED) is 0.874. The first kappa shape index (κ1) is 15.9. The minimum Gasteiger partial charge on any atom is -0.377 e. The summed E-state index contributed by atoms with van der Waals surface area (Å²) in [6, 6.07) is 0.0488. The molecule has 8 nitrogen and oxygen atoms in total. The normalized spacial score (nSPS) is 17.6. The number of carbonyl (C=O) groups excluding carboxylic acids is 1. The van der Waals surface area contributed by atoms with Crippen molar-refractivity contribution in [2.75, 3.05) is 7.11 Å². The maximum atomic E-state index is 12.3. The van der Waals surface area contributed by atoms with E-state index in [1.807, 2.05) is 0 Å². The number of carbonyl (C=O) groups is 1. The number of nitrogens with zero attached hydrogens (tertiary/aromatic N) is 4. The minimum absolute atomic E-state index is 0.0488. The van der Waals surface area contributed by atoms with Gasteiger partial charge in [0, 0.05) is 26.1 Å². The molecule has 0 radical (unpaired) electrons. The Labute approximate surface area is 138 Å². The summed E-state index contributed by atoms with van der Waals surface area (Å²) in [6.07, 6.45) is 2.36. The number of hydrogen-bond acceptors (Lipinski definition) is 5. The van der Waals surface area contributed by atoms with Gasteiger partial charge in [-0.25, -0.2) is 0 Å². The van der Waals surface area contributed by atoms with Gasteiger partial charge in [0.2, 0.25) is 0 Å². The second-order valence-electron chi connectivity index (χ2n) is 5.63. The molecule has 3 heterocycles. The van der Waals surface area contributed by atoms with Gasteiger partial charge in [-0.15, -0.1) is 10.2 Å². The third-order valence-corrected chi connectivity index (χ3v) is 4.48. The lowest BCUT2D eigenvalue weighted by Gasteiger charge is -2.15. The van der Waals surface area contributed by atoms with Gasteiger partial charge in [-0.2, -0.15) is 5.10 Å². The van der Waals surface area contributed by atoms with E-state index in [1.165, 1.54) is 0 Å². The molecule has 3 rings (SSSR count). The van der Waals surface area contributed by atoms with Crippen LogP contribution in [0.4, 0.5) is 0 Å². The number of hydrogen-bond donors (Lipinski definition) is 2. The van der Waals surface area contributed by atoms with Crippen molar-refractivity contribution in [3.8, 4) is 0 Å². The fourth-order valence-corrected chi connectivity index (χ4v) is 2.92. The number of H-pyrrole nitrogens is 1. The maximum Gasteiger partial charge on any atom is 0.273 e. The van der Waals surface area contributed by atoms with Gasteiger partial charge in [-0.3, -0.25) is 9.89 Å². The first-order valence-electron chi connectivity index (χ1n) is 7.51. The van der Waals surface area contributed by atoms with Crippen LogP contribution in [0.5, 0.6) is 0 Å². The van der Waals surface area contributed by atoms with Crippen LogP contribution in [0, 0.1) is 6.92 Å². The highest BCUT2D eigenvalue weighted by Crippen LogP contribution is 2.19. The number of halogens is 1. The Hall–Kier alpha value is -1.93. The van der Waals surface area contributed by atoms with Crippen LogP contribution >= 0.6 is 11.6 Å². The molecule has 2 aromatic rings. The zero-order chi connectivity index (χ0) is 16.4. The van der Waals surface area contributed by atoms with Gasteiger partial charge in [0.05, 0.1) is 10.7 Å². The monoisotopic (exact) mass is 338 g/mol. The average molecular weight is 339 g/mol. The highest BCUT2D eigenvalue weighted by Gasteiger charge is 2.23. The fourth-order valence-electron chi connectivity index (χ4n) is 2.75. The summed E-state index contributed by atoms with van der Waals surface area (Å²) in [5, 5.41) is 18.4. The molecular weight excluding hydrogens is 320 g/mol. The van der Waals surface area contributed by atoms with E-state index < -0.39 is 0 Å². The summed E-state index contributed by atoms with van der Waals surface area (Å²) in [5.74, 6) is 1.50. The topological polar surface area (TPSA) is 97.7 Å². The Morgan fingerprint density at radius 2 is 2.30 bits per heavy atom. The molecule has 0 spiro atoms. The lowest BCUT2D eigenvalue weighted by molar-refractivity contribution is 0.0928. The minimum atomic E-state index is -0.251. The number of rotatable bonds is 4. The summed E-state index contributed by atoms with van der Waals surface area (Å²) < 4.78 is 7.21. The zero-order valence-corrected chi connectivity index (χ0v) is 13.9. The van der Waals surface area contributed by atoms with E-state index in [4.69, 9.17) is 16.3 Å². The van der Waals surface area contributed by atoms with Gasteiger partial charge in [0.1, 0.15) is 12.4 Å². The third-order valence-electron chi connectivity index (χ3n) is 4.02. The van der Waals surface area contributed by atoms with Crippen LogP contribution in [-0.4, -0.2) is 44.0 Å². The maximum absolute atomic E-state index is 12.3. The standard InChI is InChI=1S/C14H19ClN6O2/c1-8-12(15)13(20-17-8)14(22)16-9-3-4-10-18-19-11(7-23-2)21(10)6-5-9/h9H,3-7H2,1-2H3,(H,16,22)(H,17,20). The molecule has 1 unspecified atom stereocenters. The van der Waals surface area contributed by atoms with E-state index in [-0.39, 0.29) is 17.6 Å². The number of aromatic amines is 1. The van der Waals surface area contributed by atoms with Crippen LogP contribution in [0.15, 0.2) is 0 Å². The van der Waals surface area contributed by atoms with Crippen molar-refractivity contribution in [1.82, 2.24) is 30.3 Å². The van der Waals surface area contributed by atoms with Crippen molar-refractivity contribution < 1.29 is 9.53 Å². The molecule has 1 aliphatic heterocycles. The first-order valence-corrected chi connectivity index (χ1v) is 7.89. The Bertz CT molecular complexity index is 710. The smallest absolute Gasteiger partial charge is 0.273 e. The second kappa shape index (κ2) is 6.67. The van der Waals surface area contributed by atoms with Crippen LogP contribution in [-0.2, 0) is 24.3 Å². The van der Waals surface area contributed by atoms with E-state index in [9.17, 15) is 4.79 Å². The van der Waals surface area contributed by atoms with Gasteiger partial charge in [-0.05, 0) is 19.8 Å². The van der Waals surface area contributed by atoms with Crippen LogP contribution in [0.2, 0.25) is 5.02 Å². The van der Waals surface area contributed by atoms with Crippen molar-refractivity contribution in [3.05, 3.63) is 28.1 Å². The van der Waals surface area contributed by atoms with Crippen molar-refractivity contribution in [3.63, 3.8) is 0 Å². The molecule has 124 valence electrons. The second-order valence-corrected chi connectivity index (χ2v) is 6.00. The highest BCUT2D eigenvalue weighted by atomic mass is 35.5. The fraction of sp³-hybridized carbons (Fsp3) is 0.571. The Morgan fingerprint density at radius 1 is 1.48 bits per heavy atom. The summed E-state index contributed by atoms with van der Waals surface area (Å²) in [6.45, 7) is 2.96. The Kier molecular flexibility index (Phi) is 4.63. The van der Waals surface area contributed by atoms with E-state index in [2.05, 4.69) is 30.3 Å². The number of fused-ring (bicyclic) bond motifs is 1. The predicted molar refractivity (Wildman–Crippen MR) is 83.3 cm³/mol. The Balaban J connectivity index is 1.65. The number of nitrogens with one attached hydrogen (secondary N) is 2. The number of amides is 1. The molecule has 23 heavy (non-hydrogen) atoms. The zero-order valence-electron chi connectivity index (χ0n) is 13.1. The van der Waals surface area contributed by atoms with Gasteiger partial charge in [0.25, 0.3) is 5.91 Å². The highest BCUT2D eigenvalue weighted by molar-refractivity contribution is 6.34. The van der Waals surface area contributed by atoms with Gasteiger partial charge in [0.15, 0.2) is 11.5 Å². The lowest BCUT2D eigenvalue weighted by Crippen LogP contribution is -2.35. The van der Waals surface area contributed by atoms with Crippen LogP contribution in [0.1, 0.15) is 40.7 Å². The molecule has 1 atom stereocenters. The molecule has 0 fully saturated rings. The third kappa shape index (κ3) is 3.23. The lowest BCUT2D eigenvalue weighted by atomic mass is 10.1. The van der Waals surface area contributed by atoms with E-state index >= 15 is 0 Å². The molecule has 0 bridgehead atoms. The molecule has 1 amide bonds. The average Bonchev–Trinajstić information content (AvgIpc) is 3.00. The van der Waals surface area contributed by atoms with Crippen LogP contribution in [0.25, 0.3) is 0 Å². The first-order chi connectivity index (χ1) is 11.1. The molecule has 0 aromatic carbocycles. The molecular formula is C14H19ClN6O2. The summed E-state index contributed by atoms with van der Waals surface area (Å²) in [4.78, 5) is 12.3. The molecule has 0 saturated carbocycles. The van der Waals surface area contributed by atoms with Crippen molar-refractivity contribution in [2.45, 2.75) is 45.4 Å². The number of aromatic nitrogens is 5. The Morgan fingerprint density at radius 3 is 3.00 bits per heavy atom. The van der Waals surface area contributed by atoms with E-state index in [1.54, 1.807) is 14.0 Å². The van der Waals surface area contributed by atoms with Crippen LogP contribution in [0.3, 0.4) is 0 Å². The molecule has 1 aliphatic rings. The predicted octanol–water partition coefficient (Wildman–Crippen LogP) is 1.24. The summed E-state index contributed by atoms with van der Waals surface area (Å²) in [7, 11) is 1.64. The largest absolute Gasteiger partial charge is 0.377 e. The van der Waals surface area contributed by atoms with Crippen molar-refractivity contribution in [1.29, 1.82) is 0 Å².